The van der Waals surface area contributed by atoms with Gasteiger partial charge in [-0.2, -0.15) is 0 Å². The van der Waals surface area contributed by atoms with Crippen molar-refractivity contribution in [3.05, 3.63) is 23.8 Å². The Morgan fingerprint density at radius 3 is 3.00 bits per heavy atom. The van der Waals surface area contributed by atoms with E-state index >= 15 is 0 Å². The first-order valence-electron chi connectivity index (χ1n) is 6.64. The Bertz CT molecular complexity index is 517. The second-order valence-corrected chi connectivity index (χ2v) is 5.99. The van der Waals surface area contributed by atoms with Crippen LogP contribution in [0, 0.1) is 0 Å². The number of fused-ring (bicyclic) bond motifs is 1. The molecule has 0 atom stereocenters. The molecular formula is C14H19N3O2S. The van der Waals surface area contributed by atoms with Crippen molar-refractivity contribution < 1.29 is 9.59 Å². The Kier molecular flexibility index (Phi) is 4.89. The number of hydrogen-bond acceptors (Lipinski definition) is 3. The molecule has 0 spiro atoms. The quantitative estimate of drug-likeness (QED) is 0.795. The van der Waals surface area contributed by atoms with Crippen LogP contribution in [0.4, 0.5) is 10.5 Å². The highest BCUT2D eigenvalue weighted by molar-refractivity contribution is 8.00. The summed E-state index contributed by atoms with van der Waals surface area (Å²) in [6, 6.07) is 6.00. The predicted molar refractivity (Wildman–Crippen MR) is 81.2 cm³/mol. The number of anilines is 1. The highest BCUT2D eigenvalue weighted by Gasteiger charge is 2.15. The lowest BCUT2D eigenvalue weighted by Gasteiger charge is -2.17. The summed E-state index contributed by atoms with van der Waals surface area (Å²) in [5.74, 6) is 0.512. The monoisotopic (exact) mass is 293 g/mol. The molecule has 1 heterocycles. The van der Waals surface area contributed by atoms with Gasteiger partial charge in [0.2, 0.25) is 5.91 Å². The van der Waals surface area contributed by atoms with Gasteiger partial charge in [0, 0.05) is 17.5 Å². The molecule has 1 aromatic rings. The number of carbonyl (C=O) groups excluding carboxylic acids is 2. The summed E-state index contributed by atoms with van der Waals surface area (Å²) in [7, 11) is 0. The number of urea groups is 1. The van der Waals surface area contributed by atoms with Crippen molar-refractivity contribution in [1.29, 1.82) is 0 Å². The smallest absolute Gasteiger partial charge is 0.314 e. The van der Waals surface area contributed by atoms with E-state index in [1.54, 1.807) is 11.8 Å². The molecule has 1 aliphatic rings. The molecule has 0 saturated heterocycles. The topological polar surface area (TPSA) is 70.2 Å². The van der Waals surface area contributed by atoms with Gasteiger partial charge in [-0.1, -0.05) is 6.07 Å². The lowest BCUT2D eigenvalue weighted by Crippen LogP contribution is -2.40. The van der Waals surface area contributed by atoms with Crippen LogP contribution in [0.15, 0.2) is 23.1 Å². The molecular weight excluding hydrogens is 274 g/mol. The highest BCUT2D eigenvalue weighted by Crippen LogP contribution is 2.31. The highest BCUT2D eigenvalue weighted by atomic mass is 32.2. The summed E-state index contributed by atoms with van der Waals surface area (Å²) in [5.41, 5.74) is 1.96. The average molecular weight is 293 g/mol. The Labute approximate surface area is 122 Å². The van der Waals surface area contributed by atoms with Gasteiger partial charge in [-0.15, -0.1) is 11.8 Å². The summed E-state index contributed by atoms with van der Waals surface area (Å²) in [6.45, 7) is 4.41. The molecule has 6 heteroatoms. The lowest BCUT2D eigenvalue weighted by molar-refractivity contribution is -0.113. The number of carbonyl (C=O) groups is 2. The van der Waals surface area contributed by atoms with Crippen LogP contribution in [0.25, 0.3) is 0 Å². The van der Waals surface area contributed by atoms with Gasteiger partial charge in [0.05, 0.1) is 11.4 Å². The Hall–Kier alpha value is -1.69. The maximum absolute atomic E-state index is 11.4. The zero-order chi connectivity index (χ0) is 14.5. The molecule has 5 nitrogen and oxygen atoms in total. The van der Waals surface area contributed by atoms with Gasteiger partial charge in [0.25, 0.3) is 0 Å². The summed E-state index contributed by atoms with van der Waals surface area (Å²) < 4.78 is 0. The molecule has 2 rings (SSSR count). The summed E-state index contributed by atoms with van der Waals surface area (Å²) >= 11 is 1.55. The average Bonchev–Trinajstić information content (AvgIpc) is 2.37. The van der Waals surface area contributed by atoms with Gasteiger partial charge in [-0.3, -0.25) is 4.79 Å². The van der Waals surface area contributed by atoms with Gasteiger partial charge in [0.15, 0.2) is 0 Å². The predicted octanol–water partition coefficient (Wildman–Crippen LogP) is 1.98. The van der Waals surface area contributed by atoms with Crippen LogP contribution in [-0.4, -0.2) is 30.3 Å². The molecule has 0 radical (unpaired) electrons. The zero-order valence-corrected chi connectivity index (χ0v) is 12.5. The second kappa shape index (κ2) is 6.65. The molecule has 0 fully saturated rings. The Morgan fingerprint density at radius 1 is 1.45 bits per heavy atom. The second-order valence-electron chi connectivity index (χ2n) is 4.97. The van der Waals surface area contributed by atoms with E-state index in [2.05, 4.69) is 16.0 Å². The first-order valence-corrected chi connectivity index (χ1v) is 7.63. The molecule has 0 aliphatic carbocycles. The Morgan fingerprint density at radius 2 is 2.25 bits per heavy atom. The van der Waals surface area contributed by atoms with Crippen molar-refractivity contribution in [3.63, 3.8) is 0 Å². The van der Waals surface area contributed by atoms with Gasteiger partial charge < -0.3 is 16.0 Å². The minimum atomic E-state index is -0.151. The lowest BCUT2D eigenvalue weighted by atomic mass is 10.1. The first-order chi connectivity index (χ1) is 9.54. The SMILES string of the molecule is CC(C)NC(=O)NCCc1ccc2c(c1)NC(=O)CS2. The van der Waals surface area contributed by atoms with Crippen molar-refractivity contribution in [1.82, 2.24) is 10.6 Å². The minimum absolute atomic E-state index is 0.0362. The van der Waals surface area contributed by atoms with Crippen molar-refractivity contribution in [2.75, 3.05) is 17.6 Å². The molecule has 1 aromatic carbocycles. The van der Waals surface area contributed by atoms with Crippen molar-refractivity contribution in [3.8, 4) is 0 Å². The maximum atomic E-state index is 11.4. The van der Waals surface area contributed by atoms with Crippen LogP contribution in [-0.2, 0) is 11.2 Å². The number of amides is 3. The summed E-state index contributed by atoms with van der Waals surface area (Å²) in [6.07, 6.45) is 0.735. The van der Waals surface area contributed by atoms with E-state index in [1.807, 2.05) is 32.0 Å². The third kappa shape index (κ3) is 4.16. The molecule has 1 aliphatic heterocycles. The number of hydrogen-bond donors (Lipinski definition) is 3. The molecule has 0 unspecified atom stereocenters. The van der Waals surface area contributed by atoms with E-state index in [0.717, 1.165) is 22.6 Å². The van der Waals surface area contributed by atoms with E-state index in [4.69, 9.17) is 0 Å². The van der Waals surface area contributed by atoms with E-state index in [1.165, 1.54) is 0 Å². The number of thioether (sulfide) groups is 1. The molecule has 108 valence electrons. The Balaban J connectivity index is 1.86. The third-order valence-corrected chi connectivity index (χ3v) is 3.87. The van der Waals surface area contributed by atoms with E-state index in [9.17, 15) is 9.59 Å². The van der Waals surface area contributed by atoms with Crippen molar-refractivity contribution in [2.24, 2.45) is 0 Å². The van der Waals surface area contributed by atoms with Crippen LogP contribution in [0.2, 0.25) is 0 Å². The van der Waals surface area contributed by atoms with Crippen LogP contribution in [0.1, 0.15) is 19.4 Å². The zero-order valence-electron chi connectivity index (χ0n) is 11.7. The van der Waals surface area contributed by atoms with Gasteiger partial charge in [0.1, 0.15) is 0 Å². The van der Waals surface area contributed by atoms with Gasteiger partial charge in [-0.05, 0) is 38.0 Å². The van der Waals surface area contributed by atoms with Crippen molar-refractivity contribution >= 4 is 29.4 Å². The molecule has 3 N–H and O–H groups in total. The van der Waals surface area contributed by atoms with Gasteiger partial charge in [-0.25, -0.2) is 4.79 Å². The van der Waals surface area contributed by atoms with Crippen LogP contribution in [0.5, 0.6) is 0 Å². The summed E-state index contributed by atoms with van der Waals surface area (Å²) in [4.78, 5) is 23.9. The molecule has 3 amide bonds. The summed E-state index contributed by atoms with van der Waals surface area (Å²) in [5, 5.41) is 8.45. The van der Waals surface area contributed by atoms with Crippen LogP contribution in [0.3, 0.4) is 0 Å². The fraction of sp³-hybridized carbons (Fsp3) is 0.429. The first kappa shape index (κ1) is 14.7. The standard InChI is InChI=1S/C14H19N3O2S/c1-9(2)16-14(19)15-6-5-10-3-4-12-11(7-10)17-13(18)8-20-12/h3-4,7,9H,5-6,8H2,1-2H3,(H,17,18)(H2,15,16,19). The van der Waals surface area contributed by atoms with Gasteiger partial charge >= 0.3 is 6.03 Å². The van der Waals surface area contributed by atoms with E-state index in [0.29, 0.717) is 12.3 Å². The van der Waals surface area contributed by atoms with E-state index < -0.39 is 0 Å². The maximum Gasteiger partial charge on any atom is 0.314 e. The third-order valence-electron chi connectivity index (χ3n) is 2.80. The normalized spacial score (nSPS) is 13.7. The van der Waals surface area contributed by atoms with Crippen molar-refractivity contribution in [2.45, 2.75) is 31.2 Å². The minimum Gasteiger partial charge on any atom is -0.338 e. The van der Waals surface area contributed by atoms with Crippen LogP contribution < -0.4 is 16.0 Å². The number of benzene rings is 1. The fourth-order valence-electron chi connectivity index (χ4n) is 1.92. The molecule has 20 heavy (non-hydrogen) atoms. The molecule has 0 bridgehead atoms. The largest absolute Gasteiger partial charge is 0.338 e. The number of rotatable bonds is 4. The van der Waals surface area contributed by atoms with Crippen LogP contribution >= 0.6 is 11.8 Å². The fourth-order valence-corrected chi connectivity index (χ4v) is 2.71. The molecule has 0 saturated carbocycles. The molecule has 0 aromatic heterocycles. The van der Waals surface area contributed by atoms with E-state index in [-0.39, 0.29) is 18.0 Å². The number of nitrogens with one attached hydrogen (secondary N) is 3.